The lowest BCUT2D eigenvalue weighted by Crippen LogP contribution is -2.21. The number of carbonyl (C=O) groups is 1. The van der Waals surface area contributed by atoms with E-state index in [1.807, 2.05) is 6.07 Å². The van der Waals surface area contributed by atoms with Gasteiger partial charge in [-0.05, 0) is 36.4 Å². The first-order chi connectivity index (χ1) is 10.6. The van der Waals surface area contributed by atoms with Gasteiger partial charge in [0.15, 0.2) is 0 Å². The third-order valence-corrected chi connectivity index (χ3v) is 3.52. The Morgan fingerprint density at radius 1 is 1.14 bits per heavy atom. The predicted molar refractivity (Wildman–Crippen MR) is 91.1 cm³/mol. The largest absolute Gasteiger partial charge is 0.390 e. The molecule has 3 N–H and O–H groups in total. The van der Waals surface area contributed by atoms with Gasteiger partial charge in [0.25, 0.3) is 5.91 Å². The fraction of sp³-hybridized carbons (Fsp3) is 0.188. The molecular weight excluding hydrogens is 323 g/mol. The van der Waals surface area contributed by atoms with Gasteiger partial charge >= 0.3 is 0 Å². The SMILES string of the molecule is O=C(Nc1cccc(Cl)c1)c1cccc(NCC(O)CCl)c1. The van der Waals surface area contributed by atoms with E-state index >= 15 is 0 Å². The van der Waals surface area contributed by atoms with Gasteiger partial charge in [-0.25, -0.2) is 0 Å². The molecule has 116 valence electrons. The molecule has 0 aliphatic rings. The number of rotatable bonds is 6. The molecule has 1 unspecified atom stereocenters. The van der Waals surface area contributed by atoms with Crippen LogP contribution in [0.4, 0.5) is 11.4 Å². The average molecular weight is 339 g/mol. The van der Waals surface area contributed by atoms with E-state index in [0.717, 1.165) is 5.69 Å². The highest BCUT2D eigenvalue weighted by Crippen LogP contribution is 2.17. The van der Waals surface area contributed by atoms with Gasteiger partial charge in [0.2, 0.25) is 0 Å². The van der Waals surface area contributed by atoms with Crippen LogP contribution in [0.5, 0.6) is 0 Å². The molecule has 0 saturated heterocycles. The van der Waals surface area contributed by atoms with Crippen molar-refractivity contribution in [2.24, 2.45) is 0 Å². The van der Waals surface area contributed by atoms with Crippen molar-refractivity contribution in [3.05, 3.63) is 59.1 Å². The number of alkyl halides is 1. The summed E-state index contributed by atoms with van der Waals surface area (Å²) in [6.45, 7) is 0.322. The molecule has 22 heavy (non-hydrogen) atoms. The minimum absolute atomic E-state index is 0.155. The molecule has 0 fully saturated rings. The Morgan fingerprint density at radius 3 is 2.59 bits per heavy atom. The number of anilines is 2. The monoisotopic (exact) mass is 338 g/mol. The van der Waals surface area contributed by atoms with Gasteiger partial charge < -0.3 is 15.7 Å². The van der Waals surface area contributed by atoms with Crippen LogP contribution in [-0.2, 0) is 0 Å². The third kappa shape index (κ3) is 4.91. The summed E-state index contributed by atoms with van der Waals surface area (Å²) in [5.74, 6) is -0.0779. The van der Waals surface area contributed by atoms with Crippen LogP contribution in [0.15, 0.2) is 48.5 Å². The molecule has 1 amide bonds. The Kier molecular flexibility index (Phi) is 6.07. The highest BCUT2D eigenvalue weighted by molar-refractivity contribution is 6.31. The second-order valence-corrected chi connectivity index (χ2v) is 5.48. The van der Waals surface area contributed by atoms with E-state index in [4.69, 9.17) is 23.2 Å². The summed E-state index contributed by atoms with van der Waals surface area (Å²) in [4.78, 5) is 12.2. The first-order valence-corrected chi connectivity index (χ1v) is 7.64. The van der Waals surface area contributed by atoms with E-state index in [2.05, 4.69) is 10.6 Å². The van der Waals surface area contributed by atoms with Crippen LogP contribution in [0.1, 0.15) is 10.4 Å². The first kappa shape index (κ1) is 16.6. The number of carbonyl (C=O) groups excluding carboxylic acids is 1. The van der Waals surface area contributed by atoms with Gasteiger partial charge in [-0.3, -0.25) is 4.79 Å². The highest BCUT2D eigenvalue weighted by atomic mass is 35.5. The summed E-state index contributed by atoms with van der Waals surface area (Å²) in [6.07, 6.45) is -0.634. The molecule has 2 aromatic rings. The second kappa shape index (κ2) is 8.03. The zero-order chi connectivity index (χ0) is 15.9. The summed E-state index contributed by atoms with van der Waals surface area (Å²) < 4.78 is 0. The normalized spacial score (nSPS) is 11.8. The number of aliphatic hydroxyl groups is 1. The minimum atomic E-state index is -0.634. The lowest BCUT2D eigenvalue weighted by molar-refractivity contribution is 0.102. The fourth-order valence-corrected chi connectivity index (χ4v) is 2.13. The predicted octanol–water partition coefficient (Wildman–Crippen LogP) is 3.60. The topological polar surface area (TPSA) is 61.4 Å². The highest BCUT2D eigenvalue weighted by Gasteiger charge is 2.08. The number of hydrogen-bond acceptors (Lipinski definition) is 3. The van der Waals surface area contributed by atoms with Gasteiger partial charge in [0.1, 0.15) is 0 Å². The Labute approximate surface area is 139 Å². The van der Waals surface area contributed by atoms with Gasteiger partial charge in [-0.2, -0.15) is 0 Å². The zero-order valence-electron chi connectivity index (χ0n) is 11.7. The smallest absolute Gasteiger partial charge is 0.255 e. The summed E-state index contributed by atoms with van der Waals surface area (Å²) in [6, 6.07) is 14.0. The molecule has 1 atom stereocenters. The molecule has 0 heterocycles. The number of benzene rings is 2. The Morgan fingerprint density at radius 2 is 1.86 bits per heavy atom. The summed E-state index contributed by atoms with van der Waals surface area (Å²) in [5, 5.41) is 15.8. The molecule has 0 aliphatic heterocycles. The third-order valence-electron chi connectivity index (χ3n) is 2.93. The lowest BCUT2D eigenvalue weighted by atomic mass is 10.1. The number of amides is 1. The first-order valence-electron chi connectivity index (χ1n) is 6.73. The quantitative estimate of drug-likeness (QED) is 0.705. The lowest BCUT2D eigenvalue weighted by Gasteiger charge is -2.11. The summed E-state index contributed by atoms with van der Waals surface area (Å²) >= 11 is 11.4. The van der Waals surface area contributed by atoms with Crippen molar-refractivity contribution in [2.75, 3.05) is 23.1 Å². The second-order valence-electron chi connectivity index (χ2n) is 4.73. The molecule has 0 aromatic heterocycles. The van der Waals surface area contributed by atoms with Crippen molar-refractivity contribution in [3.8, 4) is 0 Å². The molecular formula is C16H16Cl2N2O2. The van der Waals surface area contributed by atoms with Gasteiger partial charge in [-0.15, -0.1) is 11.6 Å². The molecule has 0 radical (unpaired) electrons. The van der Waals surface area contributed by atoms with E-state index < -0.39 is 6.10 Å². The fourth-order valence-electron chi connectivity index (χ4n) is 1.83. The number of aliphatic hydroxyl groups excluding tert-OH is 1. The summed E-state index contributed by atoms with van der Waals surface area (Å²) in [5.41, 5.74) is 1.88. The standard InChI is InChI=1S/C16H16Cl2N2O2/c17-9-15(21)10-19-13-5-1-3-11(7-13)16(22)20-14-6-2-4-12(18)8-14/h1-8,15,19,21H,9-10H2,(H,20,22). The van der Waals surface area contributed by atoms with Crippen molar-refractivity contribution in [1.29, 1.82) is 0 Å². The Balaban J connectivity index is 2.03. The Bertz CT molecular complexity index is 650. The molecule has 4 nitrogen and oxygen atoms in total. The van der Waals surface area contributed by atoms with Gasteiger partial charge in [0.05, 0.1) is 12.0 Å². The molecule has 0 saturated carbocycles. The van der Waals surface area contributed by atoms with Crippen LogP contribution < -0.4 is 10.6 Å². The van der Waals surface area contributed by atoms with Crippen LogP contribution in [0.25, 0.3) is 0 Å². The van der Waals surface area contributed by atoms with Gasteiger partial charge in [0, 0.05) is 28.5 Å². The van der Waals surface area contributed by atoms with E-state index in [9.17, 15) is 9.90 Å². The maximum Gasteiger partial charge on any atom is 0.255 e. The number of nitrogens with one attached hydrogen (secondary N) is 2. The van der Waals surface area contributed by atoms with Crippen molar-refractivity contribution in [1.82, 2.24) is 0 Å². The van der Waals surface area contributed by atoms with E-state index in [1.54, 1.807) is 42.5 Å². The van der Waals surface area contributed by atoms with Crippen LogP contribution in [0.2, 0.25) is 5.02 Å². The summed E-state index contributed by atoms with van der Waals surface area (Å²) in [7, 11) is 0. The average Bonchev–Trinajstić information content (AvgIpc) is 2.53. The number of halogens is 2. The molecule has 0 spiro atoms. The molecule has 2 rings (SSSR count). The van der Waals surface area contributed by atoms with Gasteiger partial charge in [-0.1, -0.05) is 23.7 Å². The van der Waals surface area contributed by atoms with E-state index in [1.165, 1.54) is 0 Å². The van der Waals surface area contributed by atoms with Crippen LogP contribution in [-0.4, -0.2) is 29.5 Å². The number of hydrogen-bond donors (Lipinski definition) is 3. The van der Waals surface area contributed by atoms with E-state index in [0.29, 0.717) is 22.8 Å². The maximum absolute atomic E-state index is 12.2. The van der Waals surface area contributed by atoms with E-state index in [-0.39, 0.29) is 11.8 Å². The Hall–Kier alpha value is -1.75. The van der Waals surface area contributed by atoms with Crippen molar-refractivity contribution in [3.63, 3.8) is 0 Å². The van der Waals surface area contributed by atoms with Crippen LogP contribution in [0, 0.1) is 0 Å². The maximum atomic E-state index is 12.2. The molecule has 2 aromatic carbocycles. The zero-order valence-corrected chi connectivity index (χ0v) is 13.2. The van der Waals surface area contributed by atoms with Crippen molar-refractivity contribution in [2.45, 2.75) is 6.10 Å². The van der Waals surface area contributed by atoms with Crippen LogP contribution in [0.3, 0.4) is 0 Å². The van der Waals surface area contributed by atoms with Crippen molar-refractivity contribution < 1.29 is 9.90 Å². The minimum Gasteiger partial charge on any atom is -0.390 e. The van der Waals surface area contributed by atoms with Crippen molar-refractivity contribution >= 4 is 40.5 Å². The van der Waals surface area contributed by atoms with Crippen LogP contribution >= 0.6 is 23.2 Å². The molecule has 0 aliphatic carbocycles. The molecule has 6 heteroatoms. The molecule has 0 bridgehead atoms.